The predicted molar refractivity (Wildman–Crippen MR) is 159 cm³/mol. The Morgan fingerprint density at radius 1 is 1.18 bits per heavy atom. The first kappa shape index (κ1) is 29.1. The summed E-state index contributed by atoms with van der Waals surface area (Å²) in [5.74, 6) is 1.41. The maximum atomic E-state index is 12.4. The summed E-state index contributed by atoms with van der Waals surface area (Å²) in [5, 5.41) is 5.07. The largest absolute Gasteiger partial charge is 0.474 e. The zero-order valence-corrected chi connectivity index (χ0v) is 25.3. The monoisotopic (exact) mass is 551 g/mol. The summed E-state index contributed by atoms with van der Waals surface area (Å²) in [7, 11) is 0. The van der Waals surface area contributed by atoms with Gasteiger partial charge < -0.3 is 20.5 Å². The van der Waals surface area contributed by atoms with E-state index in [0.29, 0.717) is 28.8 Å². The Bertz CT molecular complexity index is 1390. The van der Waals surface area contributed by atoms with Gasteiger partial charge in [0.15, 0.2) is 0 Å². The van der Waals surface area contributed by atoms with Crippen LogP contribution in [0.1, 0.15) is 89.8 Å². The Morgan fingerprint density at radius 3 is 2.56 bits per heavy atom. The normalized spacial score (nSPS) is 19.1. The summed E-state index contributed by atoms with van der Waals surface area (Å²) in [4.78, 5) is 26.6. The molecule has 3 aromatic heterocycles. The van der Waals surface area contributed by atoms with E-state index in [-0.39, 0.29) is 22.9 Å². The highest BCUT2D eigenvalue weighted by Gasteiger charge is 2.41. The maximum Gasteiger partial charge on any atom is 0.340 e. The van der Waals surface area contributed by atoms with Gasteiger partial charge in [-0.2, -0.15) is 11.8 Å². The van der Waals surface area contributed by atoms with Gasteiger partial charge in [-0.3, -0.25) is 0 Å². The molecule has 1 aliphatic heterocycles. The second-order valence-electron chi connectivity index (χ2n) is 11.9. The van der Waals surface area contributed by atoms with Gasteiger partial charge >= 0.3 is 5.97 Å². The Morgan fingerprint density at radius 2 is 1.90 bits per heavy atom. The van der Waals surface area contributed by atoms with Crippen molar-refractivity contribution in [1.82, 2.24) is 15.0 Å². The van der Waals surface area contributed by atoms with Crippen molar-refractivity contribution in [3.8, 4) is 5.88 Å². The molecule has 0 bridgehead atoms. The van der Waals surface area contributed by atoms with Gasteiger partial charge in [-0.05, 0) is 69.0 Å². The molecule has 1 aliphatic rings. The van der Waals surface area contributed by atoms with Crippen LogP contribution < -0.4 is 15.8 Å². The number of nitrogens with two attached hydrogens (primary N) is 1. The van der Waals surface area contributed by atoms with Crippen molar-refractivity contribution in [2.24, 2.45) is 5.73 Å². The lowest BCUT2D eigenvalue weighted by Gasteiger charge is -2.36. The van der Waals surface area contributed by atoms with Crippen LogP contribution in [-0.4, -0.2) is 44.1 Å². The van der Waals surface area contributed by atoms with Crippen molar-refractivity contribution in [3.05, 3.63) is 47.4 Å². The van der Waals surface area contributed by atoms with Crippen LogP contribution in [-0.2, 0) is 15.7 Å². The molecular weight excluding hydrogens is 510 g/mol. The fourth-order valence-corrected chi connectivity index (χ4v) is 5.21. The van der Waals surface area contributed by atoms with Gasteiger partial charge in [0, 0.05) is 28.1 Å². The number of hydrogen-bond donors (Lipinski definition) is 2. The number of rotatable bonds is 9. The van der Waals surface area contributed by atoms with E-state index in [0.717, 1.165) is 29.2 Å². The van der Waals surface area contributed by atoms with E-state index in [1.165, 1.54) is 0 Å². The van der Waals surface area contributed by atoms with E-state index < -0.39 is 11.0 Å². The van der Waals surface area contributed by atoms with Crippen molar-refractivity contribution >= 4 is 40.1 Å². The van der Waals surface area contributed by atoms with E-state index in [1.54, 1.807) is 18.3 Å². The van der Waals surface area contributed by atoms with E-state index in [9.17, 15) is 4.79 Å². The second kappa shape index (κ2) is 10.6. The van der Waals surface area contributed by atoms with E-state index in [2.05, 4.69) is 49.2 Å². The van der Waals surface area contributed by atoms with Crippen molar-refractivity contribution in [2.75, 3.05) is 11.6 Å². The summed E-state index contributed by atoms with van der Waals surface area (Å²) in [6.45, 7) is 16.5. The standard InChI is InChI=1S/C30H41N5O3S/c1-10-30(8,31)22-16-33-26(37-17(2)14-28(4,5)39-9)21-15-32-24(13-20(21)22)34-23-12-11-19-25(35-23)29(6,7)18(3)38-27(19)36/h11-13,15-18H,10,14,31H2,1-9H3,(H,32,34,35)/t17?,18-,30+/m0/s1. The zero-order chi connectivity index (χ0) is 28.8. The number of pyridine rings is 3. The van der Waals surface area contributed by atoms with Gasteiger partial charge in [-0.15, -0.1) is 0 Å². The average Bonchev–Trinajstić information content (AvgIpc) is 2.87. The number of fused-ring (bicyclic) bond motifs is 2. The molecule has 0 saturated heterocycles. The molecule has 9 heteroatoms. The quantitative estimate of drug-likeness (QED) is 0.288. The van der Waals surface area contributed by atoms with Crippen LogP contribution in [0.5, 0.6) is 5.88 Å². The van der Waals surface area contributed by atoms with Gasteiger partial charge in [0.25, 0.3) is 0 Å². The third-order valence-electron chi connectivity index (χ3n) is 8.01. The predicted octanol–water partition coefficient (Wildman–Crippen LogP) is 6.49. The van der Waals surface area contributed by atoms with Crippen LogP contribution in [0.3, 0.4) is 0 Å². The molecule has 39 heavy (non-hydrogen) atoms. The summed E-state index contributed by atoms with van der Waals surface area (Å²) >= 11 is 1.82. The van der Waals surface area contributed by atoms with Crippen LogP contribution in [0.15, 0.2) is 30.6 Å². The molecule has 4 rings (SSSR count). The number of nitrogens with one attached hydrogen (secondary N) is 1. The van der Waals surface area contributed by atoms with Gasteiger partial charge in [-0.1, -0.05) is 34.6 Å². The molecule has 3 atom stereocenters. The Hall–Kier alpha value is -2.91. The Kier molecular flexibility index (Phi) is 7.89. The van der Waals surface area contributed by atoms with Crippen molar-refractivity contribution < 1.29 is 14.3 Å². The Labute approximate surface area is 235 Å². The number of carbonyl (C=O) groups is 1. The third-order valence-corrected chi connectivity index (χ3v) is 9.28. The number of nitrogens with zero attached hydrogens (tertiary/aromatic N) is 3. The van der Waals surface area contributed by atoms with Crippen LogP contribution in [0.2, 0.25) is 0 Å². The first-order chi connectivity index (χ1) is 18.2. The lowest BCUT2D eigenvalue weighted by atomic mass is 9.79. The molecule has 0 aliphatic carbocycles. The molecule has 4 heterocycles. The fourth-order valence-electron chi connectivity index (χ4n) is 4.81. The molecule has 0 saturated carbocycles. The van der Waals surface area contributed by atoms with Crippen LogP contribution in [0.4, 0.5) is 11.6 Å². The van der Waals surface area contributed by atoms with Gasteiger partial charge in [0.1, 0.15) is 17.7 Å². The number of hydrogen-bond acceptors (Lipinski definition) is 9. The molecule has 8 nitrogen and oxygen atoms in total. The molecule has 1 unspecified atom stereocenters. The molecule has 0 aromatic carbocycles. The number of cyclic esters (lactones) is 1. The highest BCUT2D eigenvalue weighted by molar-refractivity contribution is 7.99. The topological polar surface area (TPSA) is 112 Å². The van der Waals surface area contributed by atoms with E-state index >= 15 is 0 Å². The number of aromatic nitrogens is 3. The highest BCUT2D eigenvalue weighted by atomic mass is 32.2. The average molecular weight is 552 g/mol. The highest BCUT2D eigenvalue weighted by Crippen LogP contribution is 2.38. The Balaban J connectivity index is 1.73. The third kappa shape index (κ3) is 5.84. The molecular formula is C30H41N5O3S. The molecule has 0 fully saturated rings. The van der Waals surface area contributed by atoms with Crippen LogP contribution >= 0.6 is 11.8 Å². The zero-order valence-electron chi connectivity index (χ0n) is 24.5. The summed E-state index contributed by atoms with van der Waals surface area (Å²) in [6.07, 6.45) is 7.02. The minimum Gasteiger partial charge on any atom is -0.474 e. The lowest BCUT2D eigenvalue weighted by molar-refractivity contribution is 0.00864. The molecule has 210 valence electrons. The number of carbonyl (C=O) groups excluding carboxylic acids is 1. The number of ether oxygens (including phenoxy) is 2. The SMILES string of the molecule is CC[C@@](C)(N)c1cnc(OC(C)CC(C)(C)SC)c2cnc(Nc3ccc4c(n3)C(C)(C)[C@H](C)OC4=O)cc12. The maximum absolute atomic E-state index is 12.4. The molecule has 0 spiro atoms. The fraction of sp³-hybridized carbons (Fsp3) is 0.533. The van der Waals surface area contributed by atoms with E-state index in [4.69, 9.17) is 20.2 Å². The number of thioether (sulfide) groups is 1. The van der Waals surface area contributed by atoms with Crippen molar-refractivity contribution in [3.63, 3.8) is 0 Å². The minimum atomic E-state index is -0.584. The number of esters is 1. The van der Waals surface area contributed by atoms with Crippen LogP contribution in [0.25, 0.3) is 10.8 Å². The van der Waals surface area contributed by atoms with Gasteiger partial charge in [0.2, 0.25) is 5.88 Å². The van der Waals surface area contributed by atoms with Gasteiger partial charge in [-0.25, -0.2) is 19.7 Å². The van der Waals surface area contributed by atoms with Crippen LogP contribution in [0, 0.1) is 0 Å². The first-order valence-corrected chi connectivity index (χ1v) is 14.7. The number of anilines is 2. The molecule has 3 aromatic rings. The van der Waals surface area contributed by atoms with Crippen molar-refractivity contribution in [1.29, 1.82) is 0 Å². The molecule has 0 radical (unpaired) electrons. The smallest absolute Gasteiger partial charge is 0.340 e. The van der Waals surface area contributed by atoms with Crippen molar-refractivity contribution in [2.45, 2.75) is 96.1 Å². The van der Waals surface area contributed by atoms with Gasteiger partial charge in [0.05, 0.1) is 22.7 Å². The molecule has 0 amide bonds. The summed E-state index contributed by atoms with van der Waals surface area (Å²) in [6, 6.07) is 5.50. The minimum absolute atomic E-state index is 0.0284. The summed E-state index contributed by atoms with van der Waals surface area (Å²) < 4.78 is 12.0. The first-order valence-electron chi connectivity index (χ1n) is 13.5. The summed E-state index contributed by atoms with van der Waals surface area (Å²) in [5.41, 5.74) is 7.83. The molecule has 3 N–H and O–H groups in total. The van der Waals surface area contributed by atoms with E-state index in [1.807, 2.05) is 51.7 Å². The second-order valence-corrected chi connectivity index (χ2v) is 13.5. The lowest BCUT2D eigenvalue weighted by Crippen LogP contribution is -2.42.